The van der Waals surface area contributed by atoms with Crippen LogP contribution < -0.4 is 0 Å². The molecule has 1 heterocycles. The van der Waals surface area contributed by atoms with Gasteiger partial charge in [-0.05, 0) is 86.8 Å². The van der Waals surface area contributed by atoms with E-state index in [9.17, 15) is 5.53 Å². The summed E-state index contributed by atoms with van der Waals surface area (Å²) in [5, 5.41) is 0. The van der Waals surface area contributed by atoms with Gasteiger partial charge in [0.1, 0.15) is 0 Å². The normalized spacial score (nSPS) is 13.3. The second-order valence-electron chi connectivity index (χ2n) is 11.5. The zero-order valence-corrected chi connectivity index (χ0v) is 26.8. The Morgan fingerprint density at radius 1 is 0.475 bits per heavy atom. The Labute approximate surface area is 259 Å². The maximum Gasteiger partial charge on any atom is 0.211 e. The van der Waals surface area contributed by atoms with E-state index >= 15 is 0 Å². The van der Waals surface area contributed by atoms with Gasteiger partial charge in [-0.3, -0.25) is 0 Å². The van der Waals surface area contributed by atoms with Gasteiger partial charge in [0.05, 0.1) is 0 Å². The van der Waals surface area contributed by atoms with Crippen molar-refractivity contribution in [2.24, 2.45) is 0 Å². The summed E-state index contributed by atoms with van der Waals surface area (Å²) in [4.78, 5) is 0. The number of aryl methyl sites for hydroxylation is 2. The maximum absolute atomic E-state index is 11.8. The monoisotopic (exact) mass is 586 g/mol. The number of nitrogens with zero attached hydrogens (tertiary/aromatic N) is 2. The Hall–Kier alpha value is -1.99. The molecule has 0 unspecified atom stereocenters. The molecule has 40 heavy (non-hydrogen) atoms. The molecular formula is C37H56N2Ni-2. The number of hydrogen-bond donors (Lipinski definition) is 0. The van der Waals surface area contributed by atoms with Gasteiger partial charge in [-0.1, -0.05) is 110 Å². The van der Waals surface area contributed by atoms with Crippen LogP contribution in [0.4, 0.5) is 0 Å². The Bertz CT molecular complexity index is 1090. The summed E-state index contributed by atoms with van der Waals surface area (Å²) in [7, 11) is 0. The molecule has 0 N–H and O–H groups in total. The van der Waals surface area contributed by atoms with E-state index in [4.69, 9.17) is 0 Å². The van der Waals surface area contributed by atoms with Crippen molar-refractivity contribution in [3.8, 4) is 0 Å². The van der Waals surface area contributed by atoms with Gasteiger partial charge in [0.2, 0.25) is 11.4 Å². The summed E-state index contributed by atoms with van der Waals surface area (Å²) in [5.74, 6) is 0. The molecule has 0 bridgehead atoms. The van der Waals surface area contributed by atoms with Crippen LogP contribution in [0.2, 0.25) is 0 Å². The Morgan fingerprint density at radius 3 is 1.32 bits per heavy atom. The van der Waals surface area contributed by atoms with Gasteiger partial charge in [-0.2, -0.15) is 0 Å². The molecule has 226 valence electrons. The van der Waals surface area contributed by atoms with Gasteiger partial charge in [0, 0.05) is 38.8 Å². The molecule has 3 heteroatoms. The summed E-state index contributed by atoms with van der Waals surface area (Å²) in [6, 6.07) is 18.0. The molecule has 0 saturated carbocycles. The molecule has 0 aliphatic carbocycles. The second-order valence-corrected chi connectivity index (χ2v) is 11.5. The first-order valence-corrected chi connectivity index (χ1v) is 16.3. The number of rotatable bonds is 19. The van der Waals surface area contributed by atoms with E-state index in [0.29, 0.717) is 0 Å². The first-order chi connectivity index (χ1) is 19.1. The van der Waals surface area contributed by atoms with E-state index in [1.54, 1.807) is 4.70 Å². The van der Waals surface area contributed by atoms with E-state index in [1.165, 1.54) is 92.9 Å². The number of benzene rings is 2. The van der Waals surface area contributed by atoms with E-state index in [1.807, 2.05) is 0 Å². The predicted molar refractivity (Wildman–Crippen MR) is 172 cm³/mol. The molecule has 0 atom stereocenters. The minimum atomic E-state index is 0. The molecular weight excluding hydrogens is 531 g/mol. The van der Waals surface area contributed by atoms with Crippen LogP contribution in [0.5, 0.6) is 0 Å². The van der Waals surface area contributed by atoms with Crippen molar-refractivity contribution in [1.82, 2.24) is 0 Å². The van der Waals surface area contributed by atoms with Crippen LogP contribution in [0.3, 0.4) is 0 Å². The molecule has 2 aromatic rings. The second kappa shape index (κ2) is 19.2. The molecule has 0 saturated heterocycles. The maximum atomic E-state index is 11.8. The van der Waals surface area contributed by atoms with Crippen LogP contribution in [-0.2, 0) is 29.3 Å². The average molecular weight is 588 g/mol. The molecule has 0 radical (unpaired) electrons. The average Bonchev–Trinajstić information content (AvgIpc) is 3.24. The first kappa shape index (κ1) is 34.2. The van der Waals surface area contributed by atoms with E-state index in [0.717, 1.165) is 61.0 Å². The SMILES string of the molecule is CCCCCCCCC1=C(c2ccc(CCCCC)cc2)[N+](=[N-])C(c2ccc(CCCC)cc2)=C1CCCC.[H-].[H-].[Ni]. The quantitative estimate of drug-likeness (QED) is 0.0888. The summed E-state index contributed by atoms with van der Waals surface area (Å²) in [5.41, 5.74) is 21.6. The molecule has 2 nitrogen and oxygen atoms in total. The van der Waals surface area contributed by atoms with Crippen molar-refractivity contribution in [1.29, 1.82) is 0 Å². The van der Waals surface area contributed by atoms with Gasteiger partial charge in [-0.15, -0.1) is 0 Å². The van der Waals surface area contributed by atoms with Crippen molar-refractivity contribution < 1.29 is 24.0 Å². The smallest absolute Gasteiger partial charge is 0.211 e. The zero-order valence-electron chi connectivity index (χ0n) is 27.9. The Morgan fingerprint density at radius 2 is 0.825 bits per heavy atom. The largest absolute Gasteiger partial charge is 1.00 e. The van der Waals surface area contributed by atoms with E-state index in [2.05, 4.69) is 76.2 Å². The zero-order chi connectivity index (χ0) is 27.9. The van der Waals surface area contributed by atoms with E-state index in [-0.39, 0.29) is 19.3 Å². The van der Waals surface area contributed by atoms with Crippen LogP contribution in [-0.4, -0.2) is 4.70 Å². The van der Waals surface area contributed by atoms with Crippen molar-refractivity contribution in [3.05, 3.63) is 87.5 Å². The first-order valence-electron chi connectivity index (χ1n) is 16.3. The van der Waals surface area contributed by atoms with Gasteiger partial charge < -0.3 is 8.38 Å². The van der Waals surface area contributed by atoms with Crippen LogP contribution >= 0.6 is 0 Å². The van der Waals surface area contributed by atoms with Crippen molar-refractivity contribution in [2.45, 2.75) is 137 Å². The molecule has 2 aromatic carbocycles. The fourth-order valence-electron chi connectivity index (χ4n) is 5.84. The Kier molecular flexibility index (Phi) is 16.4. The van der Waals surface area contributed by atoms with Crippen LogP contribution in [0.25, 0.3) is 16.9 Å². The minimum Gasteiger partial charge on any atom is -1.00 e. The molecule has 0 spiro atoms. The molecule has 0 aromatic heterocycles. The van der Waals surface area contributed by atoms with Gasteiger partial charge in [-0.25, -0.2) is 4.70 Å². The third-order valence-electron chi connectivity index (χ3n) is 8.26. The number of unbranched alkanes of at least 4 members (excludes halogenated alkanes) is 9. The fourth-order valence-corrected chi connectivity index (χ4v) is 5.84. The van der Waals surface area contributed by atoms with E-state index < -0.39 is 0 Å². The Balaban J connectivity index is 0.00000560. The van der Waals surface area contributed by atoms with Crippen LogP contribution in [0.1, 0.15) is 149 Å². The van der Waals surface area contributed by atoms with Gasteiger partial charge in [0.15, 0.2) is 0 Å². The van der Waals surface area contributed by atoms with Crippen molar-refractivity contribution in [3.63, 3.8) is 0 Å². The van der Waals surface area contributed by atoms with Crippen LogP contribution in [0, 0.1) is 0 Å². The van der Waals surface area contributed by atoms with Gasteiger partial charge in [0.25, 0.3) is 0 Å². The summed E-state index contributed by atoms with van der Waals surface area (Å²) < 4.78 is 1.55. The van der Waals surface area contributed by atoms with Crippen molar-refractivity contribution in [2.75, 3.05) is 0 Å². The third kappa shape index (κ3) is 9.83. The summed E-state index contributed by atoms with van der Waals surface area (Å²) in [6.07, 6.45) is 20.5. The topological polar surface area (TPSA) is 25.3 Å². The number of allylic oxidation sites excluding steroid dienone is 2. The van der Waals surface area contributed by atoms with Crippen LogP contribution in [0.15, 0.2) is 59.7 Å². The summed E-state index contributed by atoms with van der Waals surface area (Å²) >= 11 is 0. The molecule has 0 fully saturated rings. The molecule has 1 aliphatic rings. The fraction of sp³-hybridized carbons (Fsp3) is 0.568. The standard InChI is InChI=1S/C37H54N2.Ni.2H/c1-5-9-13-14-15-17-21-35-34(20-12-8-4)36(32-26-22-30(23-27-32)18-11-7-3)39(38)37(35)33-28-24-31(25-29-33)19-16-10-6-2;;;/h22-29H,5-21H2,1-4H3;;;/q;;2*-1. The third-order valence-corrected chi connectivity index (χ3v) is 8.26. The van der Waals surface area contributed by atoms with Gasteiger partial charge >= 0.3 is 0 Å². The number of hydrogen-bond acceptors (Lipinski definition) is 0. The molecule has 1 aliphatic heterocycles. The summed E-state index contributed by atoms with van der Waals surface area (Å²) in [6.45, 7) is 9.06. The predicted octanol–water partition coefficient (Wildman–Crippen LogP) is 12.1. The molecule has 3 rings (SSSR count). The molecule has 0 amide bonds. The minimum absolute atomic E-state index is 0. The van der Waals surface area contributed by atoms with Crippen molar-refractivity contribution >= 4 is 11.4 Å².